The van der Waals surface area contributed by atoms with Crippen LogP contribution >= 0.6 is 0 Å². The molecule has 0 aromatic heterocycles. The first-order valence-corrected chi connectivity index (χ1v) is 10.7. The second-order valence-corrected chi connectivity index (χ2v) is 11.9. The van der Waals surface area contributed by atoms with Crippen LogP contribution in [0.15, 0.2) is 11.1 Å². The van der Waals surface area contributed by atoms with E-state index in [1.165, 1.54) is 107 Å². The highest BCUT2D eigenvalue weighted by Crippen LogP contribution is 2.95. The quantitative estimate of drug-likeness (QED) is 0.599. The largest absolute Gasteiger partial charge is 0.0630 e. The molecule has 0 radical (unpaired) electrons. The lowest BCUT2D eigenvalue weighted by Gasteiger charge is -2.50. The Kier molecular flexibility index (Phi) is 0.895. The van der Waals surface area contributed by atoms with Crippen molar-refractivity contribution in [2.24, 2.45) is 107 Å². The molecule has 12 aliphatic rings. The summed E-state index contributed by atoms with van der Waals surface area (Å²) >= 11 is 0. The molecular formula is C22H22. The molecule has 10 fully saturated rings. The molecule has 0 nitrogen and oxygen atoms in total. The van der Waals surface area contributed by atoms with Gasteiger partial charge in [-0.1, -0.05) is 11.1 Å². The average molecular weight is 286 g/mol. The number of rotatable bonds is 0. The molecule has 0 aromatic carbocycles. The van der Waals surface area contributed by atoms with E-state index in [0.717, 1.165) is 0 Å². The monoisotopic (exact) mass is 286 g/mol. The van der Waals surface area contributed by atoms with Gasteiger partial charge in [-0.25, -0.2) is 0 Å². The van der Waals surface area contributed by atoms with E-state index in [1.54, 1.807) is 12.8 Å². The van der Waals surface area contributed by atoms with Crippen molar-refractivity contribution >= 4 is 0 Å². The first-order valence-electron chi connectivity index (χ1n) is 10.7. The molecule has 10 saturated carbocycles. The molecule has 0 heteroatoms. The number of hydrogen-bond acceptors (Lipinski definition) is 0. The van der Waals surface area contributed by atoms with Crippen LogP contribution in [-0.2, 0) is 0 Å². The average Bonchev–Trinajstić information content (AvgIpc) is 3.27. The summed E-state index contributed by atoms with van der Waals surface area (Å²) in [6, 6.07) is 0. The van der Waals surface area contributed by atoms with Crippen molar-refractivity contribution in [2.75, 3.05) is 0 Å². The fraction of sp³-hybridized carbons (Fsp3) is 0.909. The van der Waals surface area contributed by atoms with Crippen LogP contribution < -0.4 is 0 Å². The molecule has 0 aliphatic heterocycles. The molecular weight excluding hydrogens is 264 g/mol. The zero-order valence-electron chi connectivity index (χ0n) is 12.8. The van der Waals surface area contributed by atoms with E-state index < -0.39 is 0 Å². The van der Waals surface area contributed by atoms with Gasteiger partial charge in [-0.2, -0.15) is 0 Å². The summed E-state index contributed by atoms with van der Waals surface area (Å²) in [6.45, 7) is 0. The highest BCUT2D eigenvalue weighted by atomic mass is 14.9. The van der Waals surface area contributed by atoms with Gasteiger partial charge in [-0.3, -0.25) is 0 Å². The molecule has 4 bridgehead atoms. The van der Waals surface area contributed by atoms with Crippen molar-refractivity contribution in [3.8, 4) is 0 Å². The molecule has 0 N–H and O–H groups in total. The van der Waals surface area contributed by atoms with Crippen molar-refractivity contribution in [3.05, 3.63) is 11.1 Å². The van der Waals surface area contributed by atoms with Gasteiger partial charge in [-0.15, -0.1) is 0 Å². The van der Waals surface area contributed by atoms with E-state index in [-0.39, 0.29) is 0 Å². The van der Waals surface area contributed by atoms with Gasteiger partial charge in [0.1, 0.15) is 0 Å². The summed E-state index contributed by atoms with van der Waals surface area (Å²) in [5, 5.41) is 0. The number of allylic oxidation sites excluding steroid dienone is 2. The summed E-state index contributed by atoms with van der Waals surface area (Å²) in [5.41, 5.74) is 4.49. The molecule has 0 amide bonds. The molecule has 0 heterocycles. The second kappa shape index (κ2) is 2.12. The lowest BCUT2D eigenvalue weighted by molar-refractivity contribution is 0.0254. The third-order valence-electron chi connectivity index (χ3n) is 13.2. The van der Waals surface area contributed by atoms with Gasteiger partial charge in [0.25, 0.3) is 0 Å². The summed E-state index contributed by atoms with van der Waals surface area (Å²) < 4.78 is 0. The maximum absolute atomic E-state index is 2.25. The van der Waals surface area contributed by atoms with Crippen LogP contribution in [-0.4, -0.2) is 0 Å². The Hall–Kier alpha value is -0.260. The lowest BCUT2D eigenvalue weighted by Crippen LogP contribution is -2.44. The molecule has 110 valence electrons. The van der Waals surface area contributed by atoms with Gasteiger partial charge in [0.05, 0.1) is 0 Å². The highest BCUT2D eigenvalue weighted by molar-refractivity contribution is 5.54. The fourth-order valence-electron chi connectivity index (χ4n) is 14.7. The van der Waals surface area contributed by atoms with Crippen LogP contribution in [0, 0.1) is 107 Å². The smallest absolute Gasteiger partial charge is 0.0129 e. The van der Waals surface area contributed by atoms with Crippen molar-refractivity contribution in [1.82, 2.24) is 0 Å². The second-order valence-electron chi connectivity index (χ2n) is 11.9. The standard InChI is InChI=1S/C22H22/c1-3-7-15-9-4(1)10-16-8(3)20-12-5-2-6-13(17(15)11(5)19(7)20)21(9)22(10)14(6)18(12)16/h3-15,17,19-22H,1-2H2. The van der Waals surface area contributed by atoms with Crippen LogP contribution in [0.25, 0.3) is 0 Å². The minimum atomic E-state index is 1.19. The minimum absolute atomic E-state index is 1.19. The normalized spacial score (nSPS) is 93.8. The molecule has 12 atom stereocenters. The van der Waals surface area contributed by atoms with Gasteiger partial charge in [0, 0.05) is 0 Å². The van der Waals surface area contributed by atoms with Gasteiger partial charge >= 0.3 is 0 Å². The van der Waals surface area contributed by atoms with Crippen LogP contribution in [0.1, 0.15) is 12.8 Å². The van der Waals surface area contributed by atoms with Crippen molar-refractivity contribution < 1.29 is 0 Å². The lowest BCUT2D eigenvalue weighted by atomic mass is 9.55. The summed E-state index contributed by atoms with van der Waals surface area (Å²) in [4.78, 5) is 0. The molecule has 0 spiro atoms. The topological polar surface area (TPSA) is 0 Å². The minimum Gasteiger partial charge on any atom is -0.0630 e. The zero-order chi connectivity index (χ0) is 13.0. The van der Waals surface area contributed by atoms with Crippen LogP contribution in [0.3, 0.4) is 0 Å². The van der Waals surface area contributed by atoms with Crippen LogP contribution in [0.4, 0.5) is 0 Å². The van der Waals surface area contributed by atoms with Gasteiger partial charge in [0.15, 0.2) is 0 Å². The van der Waals surface area contributed by atoms with Gasteiger partial charge in [-0.05, 0) is 119 Å². The fourth-order valence-corrected chi connectivity index (χ4v) is 14.7. The summed E-state index contributed by atoms with van der Waals surface area (Å²) in [7, 11) is 0. The van der Waals surface area contributed by atoms with Crippen LogP contribution in [0.5, 0.6) is 0 Å². The Bertz CT molecular complexity index is 683. The molecule has 0 aromatic rings. The predicted octanol–water partition coefficient (Wildman–Crippen LogP) is 3.30. The molecule has 12 aliphatic carbocycles. The van der Waals surface area contributed by atoms with E-state index in [9.17, 15) is 0 Å². The Balaban J connectivity index is 1.48. The Morgan fingerprint density at radius 2 is 0.682 bits per heavy atom. The predicted molar refractivity (Wildman–Crippen MR) is 79.1 cm³/mol. The van der Waals surface area contributed by atoms with Crippen LogP contribution in [0.2, 0.25) is 0 Å². The maximum atomic E-state index is 2.25. The zero-order valence-corrected chi connectivity index (χ0v) is 12.8. The molecule has 12 unspecified atom stereocenters. The first-order chi connectivity index (χ1) is 11.0. The SMILES string of the molecule is C1C2C3C4=C5C6C7CC8C5C5C4C1C1C5C8C4C7C(C36)C2C14. The van der Waals surface area contributed by atoms with E-state index in [1.807, 2.05) is 0 Å². The van der Waals surface area contributed by atoms with Crippen molar-refractivity contribution in [1.29, 1.82) is 0 Å². The van der Waals surface area contributed by atoms with Gasteiger partial charge in [0.2, 0.25) is 0 Å². The van der Waals surface area contributed by atoms with E-state index in [2.05, 4.69) is 11.1 Å². The number of hydrogen-bond donors (Lipinski definition) is 0. The summed E-state index contributed by atoms with van der Waals surface area (Å²) in [5.74, 6) is 22.4. The van der Waals surface area contributed by atoms with Gasteiger partial charge < -0.3 is 0 Å². The Morgan fingerprint density at radius 1 is 0.364 bits per heavy atom. The van der Waals surface area contributed by atoms with Crippen molar-refractivity contribution in [2.45, 2.75) is 12.8 Å². The maximum Gasteiger partial charge on any atom is -0.0129 e. The Morgan fingerprint density at radius 3 is 1.05 bits per heavy atom. The Labute approximate surface area is 131 Å². The van der Waals surface area contributed by atoms with E-state index in [0.29, 0.717) is 0 Å². The molecule has 22 heavy (non-hydrogen) atoms. The summed E-state index contributed by atoms with van der Waals surface area (Å²) in [6.07, 6.45) is 3.47. The third kappa shape index (κ3) is 0.484. The third-order valence-corrected chi connectivity index (χ3v) is 13.2. The molecule has 12 rings (SSSR count). The molecule has 0 saturated heterocycles. The van der Waals surface area contributed by atoms with E-state index in [4.69, 9.17) is 0 Å². The van der Waals surface area contributed by atoms with E-state index >= 15 is 0 Å². The highest BCUT2D eigenvalue weighted by Gasteiger charge is 2.90. The van der Waals surface area contributed by atoms with Crippen molar-refractivity contribution in [3.63, 3.8) is 0 Å². The first kappa shape index (κ1) is 9.28.